The number of aryl methyl sites for hydroxylation is 1. The molecule has 0 saturated heterocycles. The summed E-state index contributed by atoms with van der Waals surface area (Å²) in [5.41, 5.74) is 2.73. The zero-order valence-electron chi connectivity index (χ0n) is 10.5. The second-order valence-electron chi connectivity index (χ2n) is 4.48. The van der Waals surface area contributed by atoms with Crippen LogP contribution in [0, 0.1) is 6.92 Å². The van der Waals surface area contributed by atoms with Crippen molar-refractivity contribution in [2.45, 2.75) is 6.92 Å². The molecule has 1 aliphatic heterocycles. The fourth-order valence-corrected chi connectivity index (χ4v) is 1.97. The Bertz CT molecular complexity index is 660. The van der Waals surface area contributed by atoms with E-state index in [1.165, 1.54) is 0 Å². The van der Waals surface area contributed by atoms with E-state index in [2.05, 4.69) is 5.32 Å². The Morgan fingerprint density at radius 1 is 1.11 bits per heavy atom. The molecule has 0 unspecified atom stereocenters. The maximum atomic E-state index is 12.0. The molecule has 0 spiro atoms. The molecule has 0 aliphatic carbocycles. The van der Waals surface area contributed by atoms with Gasteiger partial charge in [0.1, 0.15) is 0 Å². The normalized spacial score (nSPS) is 15.6. The van der Waals surface area contributed by atoms with Gasteiger partial charge >= 0.3 is 0 Å². The molecule has 1 heterocycles. The monoisotopic (exact) mass is 251 g/mol. The number of hydrogen-bond acceptors (Lipinski definition) is 2. The molecule has 3 rings (SSSR count). The van der Waals surface area contributed by atoms with Gasteiger partial charge in [-0.1, -0.05) is 36.4 Å². The summed E-state index contributed by atoms with van der Waals surface area (Å²) in [5.74, 6) is 0.761. The van der Waals surface area contributed by atoms with Gasteiger partial charge in [-0.25, -0.2) is 0 Å². The van der Waals surface area contributed by atoms with Crippen LogP contribution < -0.4 is 10.1 Å². The van der Waals surface area contributed by atoms with Crippen molar-refractivity contribution < 1.29 is 9.53 Å². The standard InChI is InChI=1S/C16H13NO2/c1-11-7-8-14-13(9-11)17-16(18)15(19-14)10-12-5-3-2-4-6-12/h2-10H,1H3,(H,17,18)/b15-10+. The van der Waals surface area contributed by atoms with E-state index in [9.17, 15) is 4.79 Å². The molecule has 3 heteroatoms. The van der Waals surface area contributed by atoms with Crippen LogP contribution in [0.1, 0.15) is 11.1 Å². The fourth-order valence-electron chi connectivity index (χ4n) is 1.97. The van der Waals surface area contributed by atoms with Crippen LogP contribution in [0.5, 0.6) is 5.75 Å². The van der Waals surface area contributed by atoms with Crippen molar-refractivity contribution in [2.24, 2.45) is 0 Å². The fraction of sp³-hybridized carbons (Fsp3) is 0.0625. The topological polar surface area (TPSA) is 38.3 Å². The van der Waals surface area contributed by atoms with E-state index in [0.29, 0.717) is 11.5 Å². The van der Waals surface area contributed by atoms with Crippen molar-refractivity contribution in [1.82, 2.24) is 0 Å². The summed E-state index contributed by atoms with van der Waals surface area (Å²) < 4.78 is 5.65. The van der Waals surface area contributed by atoms with Crippen LogP contribution in [0.2, 0.25) is 0 Å². The molecule has 1 aliphatic rings. The molecule has 19 heavy (non-hydrogen) atoms. The Morgan fingerprint density at radius 2 is 1.89 bits per heavy atom. The first-order valence-electron chi connectivity index (χ1n) is 6.09. The van der Waals surface area contributed by atoms with Gasteiger partial charge in [0.15, 0.2) is 11.5 Å². The molecule has 3 nitrogen and oxygen atoms in total. The van der Waals surface area contributed by atoms with Gasteiger partial charge in [0, 0.05) is 0 Å². The summed E-state index contributed by atoms with van der Waals surface area (Å²) in [5, 5.41) is 2.84. The third kappa shape index (κ3) is 2.36. The third-order valence-corrected chi connectivity index (χ3v) is 2.92. The summed E-state index contributed by atoms with van der Waals surface area (Å²) >= 11 is 0. The van der Waals surface area contributed by atoms with Crippen LogP contribution in [0.25, 0.3) is 6.08 Å². The maximum absolute atomic E-state index is 12.0. The summed E-state index contributed by atoms with van der Waals surface area (Å²) in [4.78, 5) is 12.0. The van der Waals surface area contributed by atoms with E-state index in [1.54, 1.807) is 6.08 Å². The number of amides is 1. The lowest BCUT2D eigenvalue weighted by atomic mass is 10.1. The Hall–Kier alpha value is -2.55. The van der Waals surface area contributed by atoms with E-state index in [1.807, 2.05) is 55.5 Å². The van der Waals surface area contributed by atoms with Crippen LogP contribution in [0.3, 0.4) is 0 Å². The zero-order valence-corrected chi connectivity index (χ0v) is 10.5. The van der Waals surface area contributed by atoms with Gasteiger partial charge in [0.05, 0.1) is 5.69 Å². The highest BCUT2D eigenvalue weighted by molar-refractivity contribution is 6.08. The molecular weight excluding hydrogens is 238 g/mol. The lowest BCUT2D eigenvalue weighted by Gasteiger charge is -2.20. The molecule has 0 atom stereocenters. The minimum atomic E-state index is -0.220. The molecule has 0 fully saturated rings. The van der Waals surface area contributed by atoms with Crippen molar-refractivity contribution in [3.63, 3.8) is 0 Å². The second kappa shape index (κ2) is 4.61. The van der Waals surface area contributed by atoms with E-state index >= 15 is 0 Å². The molecule has 0 bridgehead atoms. The Labute approximate surface area is 111 Å². The van der Waals surface area contributed by atoms with Crippen molar-refractivity contribution in [1.29, 1.82) is 0 Å². The van der Waals surface area contributed by atoms with Crippen LogP contribution in [-0.4, -0.2) is 5.91 Å². The van der Waals surface area contributed by atoms with Crippen LogP contribution in [0.4, 0.5) is 5.69 Å². The minimum absolute atomic E-state index is 0.220. The Balaban J connectivity index is 1.96. The lowest BCUT2D eigenvalue weighted by Crippen LogP contribution is -2.23. The Kier molecular flexibility index (Phi) is 2.80. The number of rotatable bonds is 1. The van der Waals surface area contributed by atoms with Crippen LogP contribution in [-0.2, 0) is 4.79 Å². The quantitative estimate of drug-likeness (QED) is 0.789. The third-order valence-electron chi connectivity index (χ3n) is 2.92. The summed E-state index contributed by atoms with van der Waals surface area (Å²) in [6.45, 7) is 1.97. The Morgan fingerprint density at radius 3 is 2.68 bits per heavy atom. The zero-order chi connectivity index (χ0) is 13.2. The van der Waals surface area contributed by atoms with E-state index in [4.69, 9.17) is 4.74 Å². The molecular formula is C16H13NO2. The van der Waals surface area contributed by atoms with E-state index in [-0.39, 0.29) is 5.91 Å². The van der Waals surface area contributed by atoms with Gasteiger partial charge in [-0.15, -0.1) is 0 Å². The molecule has 2 aromatic rings. The molecule has 0 saturated carbocycles. The van der Waals surface area contributed by atoms with Crippen molar-refractivity contribution in [3.05, 3.63) is 65.4 Å². The summed E-state index contributed by atoms with van der Waals surface area (Å²) in [6.07, 6.45) is 1.73. The number of nitrogens with one attached hydrogen (secondary N) is 1. The number of ether oxygens (including phenoxy) is 1. The predicted molar refractivity (Wildman–Crippen MR) is 74.9 cm³/mol. The van der Waals surface area contributed by atoms with Crippen molar-refractivity contribution >= 4 is 17.7 Å². The van der Waals surface area contributed by atoms with Crippen molar-refractivity contribution in [2.75, 3.05) is 5.32 Å². The largest absolute Gasteiger partial charge is 0.449 e. The van der Waals surface area contributed by atoms with Crippen molar-refractivity contribution in [3.8, 4) is 5.75 Å². The molecule has 1 N–H and O–H groups in total. The van der Waals surface area contributed by atoms with Gasteiger partial charge in [0.2, 0.25) is 0 Å². The highest BCUT2D eigenvalue weighted by Crippen LogP contribution is 2.32. The number of carbonyl (C=O) groups is 1. The first-order valence-corrected chi connectivity index (χ1v) is 6.09. The number of carbonyl (C=O) groups excluding carboxylic acids is 1. The molecule has 0 aromatic heterocycles. The van der Waals surface area contributed by atoms with Gasteiger partial charge in [-0.2, -0.15) is 0 Å². The van der Waals surface area contributed by atoms with Gasteiger partial charge in [0.25, 0.3) is 5.91 Å². The average Bonchev–Trinajstić information content (AvgIpc) is 2.41. The first-order chi connectivity index (χ1) is 9.22. The molecule has 1 amide bonds. The summed E-state index contributed by atoms with van der Waals surface area (Å²) in [6, 6.07) is 15.3. The number of hydrogen-bond donors (Lipinski definition) is 1. The minimum Gasteiger partial charge on any atom is -0.449 e. The van der Waals surface area contributed by atoms with E-state index < -0.39 is 0 Å². The SMILES string of the molecule is Cc1ccc2c(c1)NC(=O)/C(=C\c1ccccc1)O2. The second-order valence-corrected chi connectivity index (χ2v) is 4.48. The first kappa shape index (κ1) is 11.5. The molecule has 2 aromatic carbocycles. The molecule has 0 radical (unpaired) electrons. The molecule has 94 valence electrons. The van der Waals surface area contributed by atoms with Crippen LogP contribution in [0.15, 0.2) is 54.3 Å². The van der Waals surface area contributed by atoms with Crippen LogP contribution >= 0.6 is 0 Å². The van der Waals surface area contributed by atoms with Gasteiger partial charge < -0.3 is 10.1 Å². The average molecular weight is 251 g/mol. The number of benzene rings is 2. The predicted octanol–water partition coefficient (Wildman–Crippen LogP) is 3.37. The van der Waals surface area contributed by atoms with Gasteiger partial charge in [-0.3, -0.25) is 4.79 Å². The highest BCUT2D eigenvalue weighted by Gasteiger charge is 2.21. The maximum Gasteiger partial charge on any atom is 0.291 e. The van der Waals surface area contributed by atoms with E-state index in [0.717, 1.165) is 16.8 Å². The number of anilines is 1. The van der Waals surface area contributed by atoms with Gasteiger partial charge in [-0.05, 0) is 36.3 Å². The highest BCUT2D eigenvalue weighted by atomic mass is 16.5. The smallest absolute Gasteiger partial charge is 0.291 e. The number of fused-ring (bicyclic) bond motifs is 1. The summed E-state index contributed by atoms with van der Waals surface area (Å²) in [7, 11) is 0. The lowest BCUT2D eigenvalue weighted by molar-refractivity contribution is -0.115.